The molecule has 3 aromatic rings. The van der Waals surface area contributed by atoms with E-state index in [1.165, 1.54) is 16.8 Å². The third-order valence-electron chi connectivity index (χ3n) is 3.31. The van der Waals surface area contributed by atoms with E-state index >= 15 is 0 Å². The quantitative estimate of drug-likeness (QED) is 0.771. The Morgan fingerprint density at radius 3 is 2.62 bits per heavy atom. The summed E-state index contributed by atoms with van der Waals surface area (Å²) >= 11 is 6.11. The Balaban J connectivity index is 1.65. The van der Waals surface area contributed by atoms with Crippen molar-refractivity contribution in [2.24, 2.45) is 0 Å². The Morgan fingerprint density at radius 2 is 1.96 bits per heavy atom. The summed E-state index contributed by atoms with van der Waals surface area (Å²) in [6, 6.07) is 7.93. The van der Waals surface area contributed by atoms with E-state index < -0.39 is 0 Å². The van der Waals surface area contributed by atoms with Gasteiger partial charge in [-0.25, -0.2) is 4.39 Å². The molecular weight excluding hydrogens is 333 g/mol. The maximum absolute atomic E-state index is 12.9. The maximum Gasteiger partial charge on any atom is 0.247 e. The zero-order chi connectivity index (χ0) is 17.1. The molecule has 124 valence electrons. The Morgan fingerprint density at radius 1 is 1.21 bits per heavy atom. The van der Waals surface area contributed by atoms with Crippen molar-refractivity contribution >= 4 is 23.3 Å². The summed E-state index contributed by atoms with van der Waals surface area (Å²) in [6.07, 6.45) is 3.34. The Kier molecular flexibility index (Phi) is 4.61. The van der Waals surface area contributed by atoms with Gasteiger partial charge in [-0.1, -0.05) is 23.7 Å². The first-order chi connectivity index (χ1) is 11.5. The fourth-order valence-corrected chi connectivity index (χ4v) is 2.41. The fraction of sp³-hybridized carbons (Fsp3) is 0.188. The van der Waals surface area contributed by atoms with E-state index in [0.29, 0.717) is 11.6 Å². The Bertz CT molecular complexity index is 856. The third kappa shape index (κ3) is 3.99. The van der Waals surface area contributed by atoms with Gasteiger partial charge in [-0.05, 0) is 30.7 Å². The first-order valence-corrected chi connectivity index (χ1v) is 7.65. The molecule has 1 aromatic carbocycles. The molecule has 0 bridgehead atoms. The van der Waals surface area contributed by atoms with Crippen molar-refractivity contribution in [3.63, 3.8) is 0 Å². The van der Waals surface area contributed by atoms with Crippen LogP contribution < -0.4 is 5.32 Å². The average Bonchev–Trinajstić information content (AvgIpc) is 3.08. The van der Waals surface area contributed by atoms with Crippen molar-refractivity contribution in [1.29, 1.82) is 0 Å². The minimum Gasteiger partial charge on any atom is -0.306 e. The number of aromatic nitrogens is 4. The molecule has 0 fully saturated rings. The highest BCUT2D eigenvalue weighted by atomic mass is 35.5. The van der Waals surface area contributed by atoms with Crippen LogP contribution in [0.2, 0.25) is 5.02 Å². The lowest BCUT2D eigenvalue weighted by Gasteiger charge is -2.03. The number of carbonyl (C=O) groups excluding carboxylic acids is 1. The van der Waals surface area contributed by atoms with Gasteiger partial charge in [0.15, 0.2) is 5.82 Å². The molecule has 1 N–H and O–H groups in total. The van der Waals surface area contributed by atoms with Gasteiger partial charge in [0.05, 0.1) is 12.2 Å². The second-order valence-corrected chi connectivity index (χ2v) is 5.76. The van der Waals surface area contributed by atoms with Crippen molar-refractivity contribution in [2.75, 3.05) is 5.32 Å². The topological polar surface area (TPSA) is 64.7 Å². The minimum absolute atomic E-state index is 0.0784. The van der Waals surface area contributed by atoms with Gasteiger partial charge < -0.3 is 5.32 Å². The van der Waals surface area contributed by atoms with E-state index in [0.717, 1.165) is 11.3 Å². The number of halogens is 2. The SMILES string of the molecule is Cc1ccn(CC(=O)Nc2nn(Cc3ccc(F)cc3)cc2Cl)n1. The second-order valence-electron chi connectivity index (χ2n) is 5.35. The predicted octanol–water partition coefficient (Wildman–Crippen LogP) is 2.87. The molecule has 3 rings (SSSR count). The number of aryl methyl sites for hydroxylation is 1. The van der Waals surface area contributed by atoms with Crippen LogP contribution in [0, 0.1) is 12.7 Å². The van der Waals surface area contributed by atoms with E-state index in [9.17, 15) is 9.18 Å². The lowest BCUT2D eigenvalue weighted by atomic mass is 10.2. The highest BCUT2D eigenvalue weighted by molar-refractivity contribution is 6.33. The number of nitrogens with zero attached hydrogens (tertiary/aromatic N) is 4. The van der Waals surface area contributed by atoms with Crippen molar-refractivity contribution in [2.45, 2.75) is 20.0 Å². The summed E-state index contributed by atoms with van der Waals surface area (Å²) in [5.74, 6) is -0.279. The summed E-state index contributed by atoms with van der Waals surface area (Å²) in [7, 11) is 0. The van der Waals surface area contributed by atoms with Crippen LogP contribution in [0.1, 0.15) is 11.3 Å². The lowest BCUT2D eigenvalue weighted by molar-refractivity contribution is -0.116. The van der Waals surface area contributed by atoms with Gasteiger partial charge in [-0.3, -0.25) is 14.2 Å². The molecule has 0 aliphatic carbocycles. The van der Waals surface area contributed by atoms with Crippen LogP contribution in [-0.2, 0) is 17.9 Å². The van der Waals surface area contributed by atoms with Crippen LogP contribution in [0.5, 0.6) is 0 Å². The zero-order valence-electron chi connectivity index (χ0n) is 12.9. The molecular formula is C16H15ClFN5O. The van der Waals surface area contributed by atoms with Crippen molar-refractivity contribution in [3.8, 4) is 0 Å². The number of rotatable bonds is 5. The monoisotopic (exact) mass is 347 g/mol. The lowest BCUT2D eigenvalue weighted by Crippen LogP contribution is -2.19. The van der Waals surface area contributed by atoms with Gasteiger partial charge in [0.25, 0.3) is 0 Å². The number of amides is 1. The van der Waals surface area contributed by atoms with E-state index in [4.69, 9.17) is 11.6 Å². The molecule has 0 saturated heterocycles. The maximum atomic E-state index is 12.9. The van der Waals surface area contributed by atoms with Gasteiger partial charge in [0.2, 0.25) is 5.91 Å². The van der Waals surface area contributed by atoms with Crippen molar-refractivity contribution in [3.05, 3.63) is 64.8 Å². The molecule has 0 radical (unpaired) electrons. The van der Waals surface area contributed by atoms with Crippen LogP contribution in [0.25, 0.3) is 0 Å². The van der Waals surface area contributed by atoms with Crippen molar-refractivity contribution < 1.29 is 9.18 Å². The van der Waals surface area contributed by atoms with Crippen molar-refractivity contribution in [1.82, 2.24) is 19.6 Å². The number of hydrogen-bond donors (Lipinski definition) is 1. The molecule has 0 atom stereocenters. The van der Waals surface area contributed by atoms with Gasteiger partial charge in [-0.2, -0.15) is 10.2 Å². The van der Waals surface area contributed by atoms with Gasteiger partial charge in [-0.15, -0.1) is 0 Å². The number of benzene rings is 1. The van der Waals surface area contributed by atoms with E-state index in [2.05, 4.69) is 15.5 Å². The molecule has 2 aromatic heterocycles. The molecule has 6 nitrogen and oxygen atoms in total. The summed E-state index contributed by atoms with van der Waals surface area (Å²) < 4.78 is 16.0. The van der Waals surface area contributed by atoms with E-state index in [-0.39, 0.29) is 24.1 Å². The van der Waals surface area contributed by atoms with Gasteiger partial charge >= 0.3 is 0 Å². The molecule has 8 heteroatoms. The van der Waals surface area contributed by atoms with Crippen LogP contribution in [0.4, 0.5) is 10.2 Å². The third-order valence-corrected chi connectivity index (χ3v) is 3.59. The number of carbonyl (C=O) groups is 1. The smallest absolute Gasteiger partial charge is 0.247 e. The molecule has 0 aliphatic heterocycles. The minimum atomic E-state index is -0.293. The van der Waals surface area contributed by atoms with Gasteiger partial charge in [0, 0.05) is 12.4 Å². The van der Waals surface area contributed by atoms with Crippen LogP contribution in [-0.4, -0.2) is 25.5 Å². The van der Waals surface area contributed by atoms with Crippen LogP contribution in [0.3, 0.4) is 0 Å². The summed E-state index contributed by atoms with van der Waals surface area (Å²) in [5, 5.41) is 11.4. The molecule has 0 saturated carbocycles. The molecule has 1 amide bonds. The average molecular weight is 348 g/mol. The van der Waals surface area contributed by atoms with E-state index in [1.54, 1.807) is 29.2 Å². The highest BCUT2D eigenvalue weighted by Gasteiger charge is 2.12. The molecule has 0 aliphatic rings. The predicted molar refractivity (Wildman–Crippen MR) is 88.3 cm³/mol. The fourth-order valence-electron chi connectivity index (χ4n) is 2.21. The second kappa shape index (κ2) is 6.84. The number of hydrogen-bond acceptors (Lipinski definition) is 3. The molecule has 24 heavy (non-hydrogen) atoms. The van der Waals surface area contributed by atoms with Crippen LogP contribution in [0.15, 0.2) is 42.7 Å². The first-order valence-electron chi connectivity index (χ1n) is 7.27. The first kappa shape index (κ1) is 16.2. The summed E-state index contributed by atoms with van der Waals surface area (Å²) in [4.78, 5) is 12.0. The standard InChI is InChI=1S/C16H15ClFN5O/c1-11-6-7-22(20-11)10-15(24)19-16-14(17)9-23(21-16)8-12-2-4-13(18)5-3-12/h2-7,9H,8,10H2,1H3,(H,19,21,24). The van der Waals surface area contributed by atoms with Crippen LogP contribution >= 0.6 is 11.6 Å². The highest BCUT2D eigenvalue weighted by Crippen LogP contribution is 2.20. The Labute approximate surface area is 142 Å². The normalized spacial score (nSPS) is 10.8. The number of nitrogens with one attached hydrogen (secondary N) is 1. The summed E-state index contributed by atoms with van der Waals surface area (Å²) in [6.45, 7) is 2.35. The largest absolute Gasteiger partial charge is 0.306 e. The van der Waals surface area contributed by atoms with Gasteiger partial charge in [0.1, 0.15) is 17.4 Å². The molecule has 0 spiro atoms. The number of anilines is 1. The molecule has 2 heterocycles. The zero-order valence-corrected chi connectivity index (χ0v) is 13.7. The Hall–Kier alpha value is -2.67. The summed E-state index contributed by atoms with van der Waals surface area (Å²) in [5.41, 5.74) is 1.71. The van der Waals surface area contributed by atoms with E-state index in [1.807, 2.05) is 13.0 Å². The molecule has 0 unspecified atom stereocenters.